The molecule has 120 valence electrons. The van der Waals surface area contributed by atoms with E-state index in [4.69, 9.17) is 0 Å². The SMILES string of the molecule is Cc1cnc(N2CCN(C)C3(CCNCC3)C2)nc1.Cl.Cl. The molecule has 0 aromatic carbocycles. The molecule has 0 saturated carbocycles. The Kier molecular flexibility index (Phi) is 6.66. The van der Waals surface area contributed by atoms with E-state index in [9.17, 15) is 0 Å². The van der Waals surface area contributed by atoms with Crippen LogP contribution < -0.4 is 10.2 Å². The first-order valence-corrected chi connectivity index (χ1v) is 7.15. The van der Waals surface area contributed by atoms with Crippen molar-refractivity contribution >= 4 is 30.8 Å². The third-order valence-corrected chi connectivity index (χ3v) is 4.58. The minimum Gasteiger partial charge on any atom is -0.338 e. The Morgan fingerprint density at radius 1 is 1.10 bits per heavy atom. The molecule has 2 aliphatic heterocycles. The highest BCUT2D eigenvalue weighted by Crippen LogP contribution is 2.30. The number of rotatable bonds is 1. The van der Waals surface area contributed by atoms with Crippen molar-refractivity contribution in [2.75, 3.05) is 44.7 Å². The second kappa shape index (κ2) is 7.58. The fourth-order valence-electron chi connectivity index (χ4n) is 3.21. The molecule has 0 atom stereocenters. The maximum Gasteiger partial charge on any atom is 0.225 e. The fraction of sp³-hybridized carbons (Fsp3) is 0.714. The normalized spacial score (nSPS) is 21.5. The summed E-state index contributed by atoms with van der Waals surface area (Å²) in [4.78, 5) is 13.9. The van der Waals surface area contributed by atoms with Gasteiger partial charge in [-0.2, -0.15) is 0 Å². The summed E-state index contributed by atoms with van der Waals surface area (Å²) in [6.07, 6.45) is 6.25. The molecule has 1 aromatic heterocycles. The standard InChI is InChI=1S/C14H23N5.2ClH/c1-12-9-16-13(17-10-12)19-8-7-18(2)14(11-19)3-5-15-6-4-14;;/h9-10,15H,3-8,11H2,1-2H3;2*1H. The minimum atomic E-state index is 0. The van der Waals surface area contributed by atoms with Gasteiger partial charge in [0, 0.05) is 37.6 Å². The van der Waals surface area contributed by atoms with E-state index in [1.165, 1.54) is 12.8 Å². The molecule has 5 nitrogen and oxygen atoms in total. The number of aryl methyl sites for hydroxylation is 1. The van der Waals surface area contributed by atoms with Gasteiger partial charge in [0.15, 0.2) is 0 Å². The average Bonchev–Trinajstić information content (AvgIpc) is 2.44. The van der Waals surface area contributed by atoms with Crippen molar-refractivity contribution in [2.24, 2.45) is 0 Å². The van der Waals surface area contributed by atoms with Gasteiger partial charge in [-0.25, -0.2) is 9.97 Å². The Balaban J connectivity index is 0.00000110. The highest BCUT2D eigenvalue weighted by molar-refractivity contribution is 5.85. The Bertz CT molecular complexity index is 433. The average molecular weight is 334 g/mol. The molecule has 1 spiro atoms. The Hall–Kier alpha value is -0.620. The minimum absolute atomic E-state index is 0. The molecule has 2 aliphatic rings. The van der Waals surface area contributed by atoms with Gasteiger partial charge in [-0.05, 0) is 45.5 Å². The van der Waals surface area contributed by atoms with Crippen molar-refractivity contribution < 1.29 is 0 Å². The molecule has 2 fully saturated rings. The number of piperazine rings is 1. The molecule has 2 saturated heterocycles. The van der Waals surface area contributed by atoms with Gasteiger partial charge < -0.3 is 10.2 Å². The molecule has 21 heavy (non-hydrogen) atoms. The molecular formula is C14H25Cl2N5. The van der Waals surface area contributed by atoms with E-state index in [1.807, 2.05) is 19.3 Å². The van der Waals surface area contributed by atoms with Crippen molar-refractivity contribution in [3.8, 4) is 0 Å². The van der Waals surface area contributed by atoms with E-state index in [-0.39, 0.29) is 24.8 Å². The van der Waals surface area contributed by atoms with E-state index < -0.39 is 0 Å². The topological polar surface area (TPSA) is 44.3 Å². The highest BCUT2D eigenvalue weighted by Gasteiger charge is 2.41. The number of nitrogens with one attached hydrogen (secondary N) is 1. The number of halogens is 2. The van der Waals surface area contributed by atoms with Crippen molar-refractivity contribution in [1.82, 2.24) is 20.2 Å². The first kappa shape index (κ1) is 18.4. The Labute approximate surface area is 139 Å². The van der Waals surface area contributed by atoms with Crippen LogP contribution in [0.5, 0.6) is 0 Å². The zero-order chi connectivity index (χ0) is 13.3. The zero-order valence-electron chi connectivity index (χ0n) is 12.7. The van der Waals surface area contributed by atoms with Crippen LogP contribution in [0.15, 0.2) is 12.4 Å². The van der Waals surface area contributed by atoms with Crippen LogP contribution in [0.2, 0.25) is 0 Å². The number of hydrogen-bond acceptors (Lipinski definition) is 5. The van der Waals surface area contributed by atoms with E-state index in [1.54, 1.807) is 0 Å². The van der Waals surface area contributed by atoms with Crippen molar-refractivity contribution in [3.05, 3.63) is 18.0 Å². The van der Waals surface area contributed by atoms with Gasteiger partial charge in [0.25, 0.3) is 0 Å². The van der Waals surface area contributed by atoms with Gasteiger partial charge in [-0.15, -0.1) is 24.8 Å². The zero-order valence-corrected chi connectivity index (χ0v) is 14.3. The third kappa shape index (κ3) is 3.77. The summed E-state index contributed by atoms with van der Waals surface area (Å²) in [6.45, 7) is 7.43. The summed E-state index contributed by atoms with van der Waals surface area (Å²) in [6, 6.07) is 0. The van der Waals surface area contributed by atoms with Gasteiger partial charge >= 0.3 is 0 Å². The highest BCUT2D eigenvalue weighted by atomic mass is 35.5. The van der Waals surface area contributed by atoms with Crippen LogP contribution in [0.4, 0.5) is 5.95 Å². The smallest absolute Gasteiger partial charge is 0.225 e. The molecule has 1 aromatic rings. The number of hydrogen-bond donors (Lipinski definition) is 1. The quantitative estimate of drug-likeness (QED) is 0.843. The van der Waals surface area contributed by atoms with Crippen LogP contribution in [0, 0.1) is 6.92 Å². The van der Waals surface area contributed by atoms with Gasteiger partial charge in [0.2, 0.25) is 5.95 Å². The molecule has 0 amide bonds. The molecule has 0 radical (unpaired) electrons. The van der Waals surface area contributed by atoms with Gasteiger partial charge in [-0.3, -0.25) is 4.90 Å². The number of piperidine rings is 1. The maximum absolute atomic E-state index is 4.49. The summed E-state index contributed by atoms with van der Waals surface area (Å²) < 4.78 is 0. The van der Waals surface area contributed by atoms with Crippen LogP contribution in [0.1, 0.15) is 18.4 Å². The summed E-state index contributed by atoms with van der Waals surface area (Å²) in [5.41, 5.74) is 1.42. The molecular weight excluding hydrogens is 309 g/mol. The van der Waals surface area contributed by atoms with E-state index >= 15 is 0 Å². The fourth-order valence-corrected chi connectivity index (χ4v) is 3.21. The number of likely N-dealkylation sites (N-methyl/N-ethyl adjacent to an activating group) is 1. The summed E-state index contributed by atoms with van der Waals surface area (Å²) in [5, 5.41) is 3.46. The second-order valence-corrected chi connectivity index (χ2v) is 5.88. The largest absolute Gasteiger partial charge is 0.338 e. The van der Waals surface area contributed by atoms with Crippen LogP contribution in [0.25, 0.3) is 0 Å². The van der Waals surface area contributed by atoms with Crippen LogP contribution >= 0.6 is 24.8 Å². The Morgan fingerprint density at radius 2 is 1.71 bits per heavy atom. The number of nitrogens with zero attached hydrogens (tertiary/aromatic N) is 4. The van der Waals surface area contributed by atoms with E-state index in [2.05, 4.69) is 32.1 Å². The predicted molar refractivity (Wildman–Crippen MR) is 90.9 cm³/mol. The van der Waals surface area contributed by atoms with Gasteiger partial charge in [-0.1, -0.05) is 0 Å². The first-order valence-electron chi connectivity index (χ1n) is 7.15. The molecule has 7 heteroatoms. The summed E-state index contributed by atoms with van der Waals surface area (Å²) >= 11 is 0. The number of anilines is 1. The van der Waals surface area contributed by atoms with Crippen LogP contribution in [0.3, 0.4) is 0 Å². The predicted octanol–water partition coefficient (Wildman–Crippen LogP) is 1.50. The van der Waals surface area contributed by atoms with E-state index in [0.29, 0.717) is 5.54 Å². The van der Waals surface area contributed by atoms with Crippen molar-refractivity contribution in [2.45, 2.75) is 25.3 Å². The van der Waals surface area contributed by atoms with Crippen LogP contribution in [-0.4, -0.2) is 60.2 Å². The van der Waals surface area contributed by atoms with Crippen molar-refractivity contribution in [3.63, 3.8) is 0 Å². The maximum atomic E-state index is 4.49. The van der Waals surface area contributed by atoms with Crippen molar-refractivity contribution in [1.29, 1.82) is 0 Å². The molecule has 3 heterocycles. The lowest BCUT2D eigenvalue weighted by Crippen LogP contribution is -2.64. The molecule has 0 unspecified atom stereocenters. The molecule has 3 rings (SSSR count). The summed E-state index contributed by atoms with van der Waals surface area (Å²) in [5.74, 6) is 0.886. The first-order chi connectivity index (χ1) is 9.20. The summed E-state index contributed by atoms with van der Waals surface area (Å²) in [7, 11) is 2.26. The van der Waals surface area contributed by atoms with E-state index in [0.717, 1.165) is 44.2 Å². The molecule has 1 N–H and O–H groups in total. The van der Waals surface area contributed by atoms with Gasteiger partial charge in [0.1, 0.15) is 0 Å². The second-order valence-electron chi connectivity index (χ2n) is 5.88. The lowest BCUT2D eigenvalue weighted by Gasteiger charge is -2.51. The molecule has 0 aliphatic carbocycles. The third-order valence-electron chi connectivity index (χ3n) is 4.58. The monoisotopic (exact) mass is 333 g/mol. The van der Waals surface area contributed by atoms with Crippen LogP contribution in [-0.2, 0) is 0 Å². The Morgan fingerprint density at radius 3 is 2.33 bits per heavy atom. The lowest BCUT2D eigenvalue weighted by atomic mass is 9.84. The molecule has 0 bridgehead atoms. The van der Waals surface area contributed by atoms with Gasteiger partial charge in [0.05, 0.1) is 0 Å². The number of aromatic nitrogens is 2. The lowest BCUT2D eigenvalue weighted by molar-refractivity contribution is 0.0693.